The third kappa shape index (κ3) is 6.59. The number of rotatable bonds is 7. The number of anilines is 5. The Morgan fingerprint density at radius 3 is 2.44 bits per heavy atom. The van der Waals surface area contributed by atoms with Gasteiger partial charge in [0.25, 0.3) is 5.91 Å². The first kappa shape index (κ1) is 27.9. The molecular formula is C30H34N8O3. The average molecular weight is 555 g/mol. The van der Waals surface area contributed by atoms with Crippen molar-refractivity contribution in [2.24, 2.45) is 0 Å². The smallest absolute Gasteiger partial charge is 0.255 e. The molecule has 1 saturated heterocycles. The number of hydrogen-bond donors (Lipinski definition) is 4. The van der Waals surface area contributed by atoms with Crippen molar-refractivity contribution < 1.29 is 14.6 Å². The summed E-state index contributed by atoms with van der Waals surface area (Å²) >= 11 is 0. The summed E-state index contributed by atoms with van der Waals surface area (Å²) in [6.45, 7) is 9.03. The van der Waals surface area contributed by atoms with Crippen LogP contribution in [0.2, 0.25) is 0 Å². The lowest BCUT2D eigenvalue weighted by Gasteiger charge is -2.28. The molecule has 0 spiro atoms. The van der Waals surface area contributed by atoms with Crippen LogP contribution in [0.4, 0.5) is 29.1 Å². The number of benzene rings is 2. The van der Waals surface area contributed by atoms with Crippen LogP contribution in [-0.4, -0.2) is 57.3 Å². The van der Waals surface area contributed by atoms with Crippen LogP contribution >= 0.6 is 0 Å². The number of aliphatic hydroxyl groups is 1. The number of ether oxygens (including phenoxy) is 1. The van der Waals surface area contributed by atoms with E-state index in [1.807, 2.05) is 24.3 Å². The van der Waals surface area contributed by atoms with Gasteiger partial charge >= 0.3 is 0 Å². The first-order valence-electron chi connectivity index (χ1n) is 13.4. The third-order valence-electron chi connectivity index (χ3n) is 6.85. The van der Waals surface area contributed by atoms with E-state index in [-0.39, 0.29) is 35.7 Å². The minimum absolute atomic E-state index is 0.000275. The monoisotopic (exact) mass is 554 g/mol. The van der Waals surface area contributed by atoms with Gasteiger partial charge in [0.05, 0.1) is 31.7 Å². The molecule has 1 fully saturated rings. The van der Waals surface area contributed by atoms with Crippen molar-refractivity contribution in [2.75, 3.05) is 47.6 Å². The van der Waals surface area contributed by atoms with Crippen LogP contribution in [0.25, 0.3) is 11.4 Å². The van der Waals surface area contributed by atoms with Crippen molar-refractivity contribution in [3.05, 3.63) is 77.5 Å². The van der Waals surface area contributed by atoms with E-state index in [4.69, 9.17) is 10.5 Å². The molecule has 4 aromatic rings. The lowest BCUT2D eigenvalue weighted by atomic mass is 9.86. The van der Waals surface area contributed by atoms with E-state index in [9.17, 15) is 9.90 Å². The molecule has 5 N–H and O–H groups in total. The molecule has 11 heteroatoms. The standard InChI is InChI=1S/C30H34N8O3/c1-30(2,3)20-9-7-19(8-10-20)27(40)33-24-6-4-5-22(23(24)18-39)26-35-28(31)37-29(36-26)34-25-12-11-21(17-32-25)38-13-15-41-16-14-38/h4-12,17,39H,13-16,18H2,1-3H3,(H,33,40)(H3,31,32,34,35,36,37). The Bertz CT molecular complexity index is 1510. The number of pyridine rings is 1. The summed E-state index contributed by atoms with van der Waals surface area (Å²) in [7, 11) is 0. The lowest BCUT2D eigenvalue weighted by molar-refractivity contribution is 0.102. The van der Waals surface area contributed by atoms with Crippen molar-refractivity contribution >= 4 is 35.0 Å². The van der Waals surface area contributed by atoms with Gasteiger partial charge in [-0.25, -0.2) is 4.98 Å². The molecule has 0 radical (unpaired) electrons. The molecule has 11 nitrogen and oxygen atoms in total. The van der Waals surface area contributed by atoms with Gasteiger partial charge in [0.15, 0.2) is 5.82 Å². The van der Waals surface area contributed by atoms with Crippen LogP contribution in [-0.2, 0) is 16.8 Å². The fourth-order valence-corrected chi connectivity index (χ4v) is 4.55. The number of nitrogens with zero attached hydrogens (tertiary/aromatic N) is 5. The molecule has 0 saturated carbocycles. The number of nitrogen functional groups attached to an aromatic ring is 1. The van der Waals surface area contributed by atoms with Gasteiger partial charge < -0.3 is 31.1 Å². The van der Waals surface area contributed by atoms with Gasteiger partial charge in [-0.1, -0.05) is 45.0 Å². The Labute approximate surface area is 238 Å². The van der Waals surface area contributed by atoms with Crippen molar-refractivity contribution in [3.8, 4) is 11.4 Å². The highest BCUT2D eigenvalue weighted by Crippen LogP contribution is 2.29. The number of aromatic nitrogens is 4. The minimum Gasteiger partial charge on any atom is -0.392 e. The van der Waals surface area contributed by atoms with Crippen molar-refractivity contribution in [1.29, 1.82) is 0 Å². The number of nitrogens with two attached hydrogens (primary N) is 1. The molecule has 5 rings (SSSR count). The molecule has 0 bridgehead atoms. The Morgan fingerprint density at radius 2 is 1.78 bits per heavy atom. The maximum absolute atomic E-state index is 13.0. The van der Waals surface area contributed by atoms with Crippen molar-refractivity contribution in [3.63, 3.8) is 0 Å². The zero-order chi connectivity index (χ0) is 29.0. The largest absolute Gasteiger partial charge is 0.392 e. The van der Waals surface area contributed by atoms with E-state index < -0.39 is 0 Å². The van der Waals surface area contributed by atoms with Gasteiger partial charge in [0, 0.05) is 35.5 Å². The molecule has 0 unspecified atom stereocenters. The molecule has 0 atom stereocenters. The summed E-state index contributed by atoms with van der Waals surface area (Å²) in [6.07, 6.45) is 1.78. The van der Waals surface area contributed by atoms with Gasteiger partial charge in [-0.3, -0.25) is 4.79 Å². The first-order valence-corrected chi connectivity index (χ1v) is 13.4. The van der Waals surface area contributed by atoms with Crippen LogP contribution in [0.5, 0.6) is 0 Å². The SMILES string of the molecule is CC(C)(C)c1ccc(C(=O)Nc2cccc(-c3nc(N)nc(Nc4ccc(N5CCOCC5)cn4)n3)c2CO)cc1. The second-order valence-corrected chi connectivity index (χ2v) is 10.7. The van der Waals surface area contributed by atoms with Crippen molar-refractivity contribution in [1.82, 2.24) is 19.9 Å². The molecule has 2 aromatic heterocycles. The lowest BCUT2D eigenvalue weighted by Crippen LogP contribution is -2.36. The number of amides is 1. The highest BCUT2D eigenvalue weighted by molar-refractivity contribution is 6.05. The number of carbonyl (C=O) groups is 1. The molecule has 212 valence electrons. The molecule has 3 heterocycles. The topological polar surface area (TPSA) is 151 Å². The quantitative estimate of drug-likeness (QED) is 0.262. The van der Waals surface area contributed by atoms with Crippen LogP contribution in [0.1, 0.15) is 42.3 Å². The van der Waals surface area contributed by atoms with Gasteiger partial charge in [0.1, 0.15) is 5.82 Å². The fourth-order valence-electron chi connectivity index (χ4n) is 4.55. The van der Waals surface area contributed by atoms with Crippen LogP contribution in [0, 0.1) is 0 Å². The summed E-state index contributed by atoms with van der Waals surface area (Å²) in [5, 5.41) is 16.3. The van der Waals surface area contributed by atoms with E-state index in [0.717, 1.165) is 24.3 Å². The second-order valence-electron chi connectivity index (χ2n) is 10.7. The Kier molecular flexibility index (Phi) is 8.09. The maximum Gasteiger partial charge on any atom is 0.255 e. The average Bonchev–Trinajstić information content (AvgIpc) is 2.97. The number of hydrogen-bond acceptors (Lipinski definition) is 10. The molecular weight excluding hydrogens is 520 g/mol. The highest BCUT2D eigenvalue weighted by Gasteiger charge is 2.18. The number of aliphatic hydroxyl groups excluding tert-OH is 1. The van der Waals surface area contributed by atoms with Crippen LogP contribution in [0.3, 0.4) is 0 Å². The third-order valence-corrected chi connectivity index (χ3v) is 6.85. The highest BCUT2D eigenvalue weighted by atomic mass is 16.5. The van der Waals surface area contributed by atoms with E-state index in [1.54, 1.807) is 36.5 Å². The van der Waals surface area contributed by atoms with E-state index in [0.29, 0.717) is 41.4 Å². The fraction of sp³-hybridized carbons (Fsp3) is 0.300. The molecule has 1 aliphatic rings. The van der Waals surface area contributed by atoms with Crippen LogP contribution in [0.15, 0.2) is 60.8 Å². The second kappa shape index (κ2) is 11.9. The molecule has 1 aliphatic heterocycles. The summed E-state index contributed by atoms with van der Waals surface area (Å²) in [4.78, 5) is 32.8. The Morgan fingerprint density at radius 1 is 1.02 bits per heavy atom. The van der Waals surface area contributed by atoms with E-state index >= 15 is 0 Å². The van der Waals surface area contributed by atoms with Gasteiger partial charge in [-0.15, -0.1) is 0 Å². The summed E-state index contributed by atoms with van der Waals surface area (Å²) in [5.41, 5.74) is 10.1. The van der Waals surface area contributed by atoms with Crippen molar-refractivity contribution in [2.45, 2.75) is 32.8 Å². The normalized spacial score (nSPS) is 13.6. The number of morpholine rings is 1. The van der Waals surface area contributed by atoms with Crippen LogP contribution < -0.4 is 21.3 Å². The number of carbonyl (C=O) groups excluding carboxylic acids is 1. The summed E-state index contributed by atoms with van der Waals surface area (Å²) in [6, 6.07) is 16.5. The summed E-state index contributed by atoms with van der Waals surface area (Å²) in [5.74, 6) is 0.705. The van der Waals surface area contributed by atoms with E-state index in [2.05, 4.69) is 56.2 Å². The Hall–Kier alpha value is -4.61. The molecule has 0 aliphatic carbocycles. The zero-order valence-electron chi connectivity index (χ0n) is 23.4. The predicted molar refractivity (Wildman–Crippen MR) is 159 cm³/mol. The molecule has 41 heavy (non-hydrogen) atoms. The Balaban J connectivity index is 1.36. The maximum atomic E-state index is 13.0. The molecule has 1 amide bonds. The summed E-state index contributed by atoms with van der Waals surface area (Å²) < 4.78 is 5.41. The first-order chi connectivity index (χ1) is 19.7. The van der Waals surface area contributed by atoms with Gasteiger partial charge in [-0.2, -0.15) is 15.0 Å². The predicted octanol–water partition coefficient (Wildman–Crippen LogP) is 4.14. The number of nitrogens with one attached hydrogen (secondary N) is 2. The zero-order valence-corrected chi connectivity index (χ0v) is 23.4. The molecule has 2 aromatic carbocycles. The van der Waals surface area contributed by atoms with Gasteiger partial charge in [-0.05, 0) is 41.3 Å². The minimum atomic E-state index is -0.354. The van der Waals surface area contributed by atoms with E-state index in [1.165, 1.54) is 0 Å². The van der Waals surface area contributed by atoms with Gasteiger partial charge in [0.2, 0.25) is 11.9 Å².